The van der Waals surface area contributed by atoms with E-state index >= 15 is 0 Å². The van der Waals surface area contributed by atoms with Crippen LogP contribution >= 0.6 is 0 Å². The molecule has 0 fully saturated rings. The lowest BCUT2D eigenvalue weighted by atomic mass is 10.3. The molecule has 1 aromatic heterocycles. The lowest BCUT2D eigenvalue weighted by Gasteiger charge is -2.26. The number of likely N-dealkylation sites (N-methyl/N-ethyl adjacent to an activating group) is 1. The number of hydrogen-bond donors (Lipinski definition) is 1. The van der Waals surface area contributed by atoms with Crippen molar-refractivity contribution >= 4 is 11.6 Å². The van der Waals surface area contributed by atoms with Gasteiger partial charge in [-0.1, -0.05) is 0 Å². The average Bonchev–Trinajstić information content (AvgIpc) is 2.36. The average molecular weight is 278 g/mol. The summed E-state index contributed by atoms with van der Waals surface area (Å²) >= 11 is 0. The largest absolute Gasteiger partial charge is 0.451 e. The second-order valence-corrected chi connectivity index (χ2v) is 4.10. The van der Waals surface area contributed by atoms with E-state index in [-0.39, 0.29) is 17.7 Å². The number of ether oxygens (including phenoxy) is 1. The maximum Gasteiger partial charge on any atom is 0.451 e. The van der Waals surface area contributed by atoms with Crippen molar-refractivity contribution in [2.45, 2.75) is 19.1 Å². The minimum absolute atomic E-state index is 0.106. The van der Waals surface area contributed by atoms with Crippen molar-refractivity contribution in [3.05, 3.63) is 11.9 Å². The van der Waals surface area contributed by atoms with Gasteiger partial charge in [0.05, 0.1) is 12.6 Å². The molecule has 0 amide bonds. The fourth-order valence-electron chi connectivity index (χ4n) is 1.45. The highest BCUT2D eigenvalue weighted by Gasteiger charge is 2.35. The molecule has 19 heavy (non-hydrogen) atoms. The topological polar surface area (TPSA) is 50.3 Å². The first-order chi connectivity index (χ1) is 8.79. The molecule has 0 saturated carbocycles. The smallest absolute Gasteiger partial charge is 0.383 e. The molecule has 1 atom stereocenters. The zero-order chi connectivity index (χ0) is 14.6. The van der Waals surface area contributed by atoms with Gasteiger partial charge in [0.2, 0.25) is 5.82 Å². The van der Waals surface area contributed by atoms with Crippen LogP contribution in [0.25, 0.3) is 0 Å². The molecule has 1 heterocycles. The molecule has 1 rings (SSSR count). The molecular weight excluding hydrogens is 261 g/mol. The summed E-state index contributed by atoms with van der Waals surface area (Å²) in [7, 11) is 4.70. The first kappa shape index (κ1) is 15.5. The Balaban J connectivity index is 3.13. The highest BCUT2D eigenvalue weighted by Crippen LogP contribution is 2.29. The maximum absolute atomic E-state index is 12.7. The number of hydrogen-bond acceptors (Lipinski definition) is 5. The molecule has 0 radical (unpaired) electrons. The van der Waals surface area contributed by atoms with Crippen LogP contribution in [0.1, 0.15) is 12.7 Å². The summed E-state index contributed by atoms with van der Waals surface area (Å²) in [5, 5.41) is 2.60. The number of alkyl halides is 3. The van der Waals surface area contributed by atoms with Gasteiger partial charge >= 0.3 is 6.18 Å². The van der Waals surface area contributed by atoms with Crippen LogP contribution in [-0.4, -0.2) is 43.8 Å². The summed E-state index contributed by atoms with van der Waals surface area (Å²) < 4.78 is 43.1. The Morgan fingerprint density at radius 2 is 2.05 bits per heavy atom. The summed E-state index contributed by atoms with van der Waals surface area (Å²) in [6.07, 6.45) is -4.58. The van der Waals surface area contributed by atoms with Gasteiger partial charge in [-0.05, 0) is 6.92 Å². The summed E-state index contributed by atoms with van der Waals surface area (Å²) in [5.41, 5.74) is 0. The van der Waals surface area contributed by atoms with Crippen molar-refractivity contribution in [1.29, 1.82) is 0 Å². The molecular formula is C11H17F3N4O. The maximum atomic E-state index is 12.7. The summed E-state index contributed by atoms with van der Waals surface area (Å²) in [6, 6.07) is 1.35. The number of methoxy groups -OCH3 is 1. The van der Waals surface area contributed by atoms with Gasteiger partial charge in [0.25, 0.3) is 0 Å². The second-order valence-electron chi connectivity index (χ2n) is 4.10. The fraction of sp³-hybridized carbons (Fsp3) is 0.636. The molecule has 1 N–H and O–H groups in total. The number of aromatic nitrogens is 2. The Morgan fingerprint density at radius 1 is 1.42 bits per heavy atom. The van der Waals surface area contributed by atoms with E-state index in [4.69, 9.17) is 4.74 Å². The molecule has 5 nitrogen and oxygen atoms in total. The van der Waals surface area contributed by atoms with Crippen molar-refractivity contribution in [3.63, 3.8) is 0 Å². The predicted molar refractivity (Wildman–Crippen MR) is 66.3 cm³/mol. The monoisotopic (exact) mass is 278 g/mol. The molecule has 1 aromatic rings. The third-order valence-corrected chi connectivity index (χ3v) is 2.65. The number of nitrogens with one attached hydrogen (secondary N) is 1. The lowest BCUT2D eigenvalue weighted by molar-refractivity contribution is -0.144. The van der Waals surface area contributed by atoms with Crippen molar-refractivity contribution in [1.82, 2.24) is 9.97 Å². The molecule has 0 aliphatic rings. The Hall–Kier alpha value is -1.57. The summed E-state index contributed by atoms with van der Waals surface area (Å²) in [5.74, 6) is -0.851. The molecule has 108 valence electrons. The van der Waals surface area contributed by atoms with E-state index in [2.05, 4.69) is 15.3 Å². The van der Waals surface area contributed by atoms with Crippen LogP contribution in [0.15, 0.2) is 6.07 Å². The van der Waals surface area contributed by atoms with Crippen LogP contribution in [-0.2, 0) is 10.9 Å². The summed E-state index contributed by atoms with van der Waals surface area (Å²) in [4.78, 5) is 8.57. The van der Waals surface area contributed by atoms with Crippen LogP contribution in [0.4, 0.5) is 24.8 Å². The van der Waals surface area contributed by atoms with Gasteiger partial charge in [0.1, 0.15) is 11.6 Å². The fourth-order valence-corrected chi connectivity index (χ4v) is 1.45. The number of halogens is 3. The first-order valence-corrected chi connectivity index (χ1v) is 5.65. The molecule has 1 unspecified atom stereocenters. The van der Waals surface area contributed by atoms with E-state index in [1.165, 1.54) is 20.2 Å². The lowest BCUT2D eigenvalue weighted by Crippen LogP contribution is -2.33. The highest BCUT2D eigenvalue weighted by molar-refractivity contribution is 5.49. The predicted octanol–water partition coefficient (Wildman–Crippen LogP) is 2.01. The third kappa shape index (κ3) is 3.95. The van der Waals surface area contributed by atoms with Gasteiger partial charge in [-0.25, -0.2) is 9.97 Å². The highest BCUT2D eigenvalue weighted by atomic mass is 19.4. The van der Waals surface area contributed by atoms with Crippen molar-refractivity contribution in [2.75, 3.05) is 38.0 Å². The molecule has 0 bridgehead atoms. The van der Waals surface area contributed by atoms with Gasteiger partial charge in [0, 0.05) is 27.3 Å². The van der Waals surface area contributed by atoms with Crippen molar-refractivity contribution < 1.29 is 17.9 Å². The third-order valence-electron chi connectivity index (χ3n) is 2.65. The van der Waals surface area contributed by atoms with Gasteiger partial charge in [-0.2, -0.15) is 13.2 Å². The Kier molecular flexibility index (Phi) is 4.93. The minimum Gasteiger partial charge on any atom is -0.383 e. The van der Waals surface area contributed by atoms with E-state index in [1.807, 2.05) is 6.92 Å². The van der Waals surface area contributed by atoms with Crippen LogP contribution in [0.5, 0.6) is 0 Å². The molecule has 0 saturated heterocycles. The molecule has 0 aliphatic carbocycles. The standard InChI is InChI=1S/C11H17F3N4O/c1-7(6-19-4)18(3)9-5-8(15-2)16-10(17-9)11(12,13)14/h5,7H,6H2,1-4H3,(H,15,16,17). The van der Waals surface area contributed by atoms with E-state index in [1.54, 1.807) is 11.9 Å². The van der Waals surface area contributed by atoms with E-state index in [9.17, 15) is 13.2 Å². The summed E-state index contributed by atoms with van der Waals surface area (Å²) in [6.45, 7) is 2.22. The zero-order valence-corrected chi connectivity index (χ0v) is 11.2. The van der Waals surface area contributed by atoms with Crippen LogP contribution in [0.3, 0.4) is 0 Å². The Labute approximate surface area is 109 Å². The van der Waals surface area contributed by atoms with Crippen molar-refractivity contribution in [2.24, 2.45) is 0 Å². The van der Waals surface area contributed by atoms with E-state index in [0.29, 0.717) is 6.61 Å². The van der Waals surface area contributed by atoms with Gasteiger partial charge in [-0.3, -0.25) is 0 Å². The number of anilines is 2. The van der Waals surface area contributed by atoms with Gasteiger partial charge in [0.15, 0.2) is 0 Å². The van der Waals surface area contributed by atoms with Crippen molar-refractivity contribution in [3.8, 4) is 0 Å². The Bertz CT molecular complexity index is 425. The molecule has 0 aliphatic heterocycles. The van der Waals surface area contributed by atoms with Gasteiger partial charge < -0.3 is 15.0 Å². The minimum atomic E-state index is -4.58. The van der Waals surface area contributed by atoms with Crippen LogP contribution in [0.2, 0.25) is 0 Å². The molecule has 0 spiro atoms. The second kappa shape index (κ2) is 6.05. The van der Waals surface area contributed by atoms with E-state index in [0.717, 1.165) is 0 Å². The molecule has 8 heteroatoms. The van der Waals surface area contributed by atoms with Crippen LogP contribution in [0, 0.1) is 0 Å². The van der Waals surface area contributed by atoms with E-state index < -0.39 is 12.0 Å². The normalized spacial score (nSPS) is 13.2. The Morgan fingerprint density at radius 3 is 2.53 bits per heavy atom. The number of rotatable bonds is 5. The van der Waals surface area contributed by atoms with Crippen LogP contribution < -0.4 is 10.2 Å². The quantitative estimate of drug-likeness (QED) is 0.893. The zero-order valence-electron chi connectivity index (χ0n) is 11.2. The SMILES string of the molecule is CNc1cc(N(C)C(C)COC)nc(C(F)(F)F)n1. The first-order valence-electron chi connectivity index (χ1n) is 5.65. The number of nitrogens with zero attached hydrogens (tertiary/aromatic N) is 3. The van der Waals surface area contributed by atoms with Gasteiger partial charge in [-0.15, -0.1) is 0 Å². The molecule has 0 aromatic carbocycles.